The van der Waals surface area contributed by atoms with E-state index in [1.54, 1.807) is 41.2 Å². The molecule has 2 heterocycles. The summed E-state index contributed by atoms with van der Waals surface area (Å²) in [4.78, 5) is 14.9. The van der Waals surface area contributed by atoms with Crippen LogP contribution in [0.15, 0.2) is 47.2 Å². The quantitative estimate of drug-likeness (QED) is 0.537. The fourth-order valence-electron chi connectivity index (χ4n) is 1.92. The molecule has 0 radical (unpaired) electrons. The highest BCUT2D eigenvalue weighted by molar-refractivity contribution is 9.10. The van der Waals surface area contributed by atoms with Crippen LogP contribution in [0, 0.1) is 10.1 Å². The molecule has 0 fully saturated rings. The smallest absolute Gasteiger partial charge is 0.258 e. The number of hydrogen-bond donors (Lipinski definition) is 0. The molecule has 19 heavy (non-hydrogen) atoms. The first-order chi connectivity index (χ1) is 9.18. The van der Waals surface area contributed by atoms with Crippen LogP contribution in [0.1, 0.15) is 0 Å². The van der Waals surface area contributed by atoms with Crippen molar-refractivity contribution < 1.29 is 4.92 Å². The Morgan fingerprint density at radius 3 is 2.84 bits per heavy atom. The number of aromatic nitrogens is 3. The molecule has 0 atom stereocenters. The van der Waals surface area contributed by atoms with Gasteiger partial charge in [-0.3, -0.25) is 10.1 Å². The predicted molar refractivity (Wildman–Crippen MR) is 72.8 cm³/mol. The topological polar surface area (TPSA) is 73.3 Å². The first kappa shape index (κ1) is 11.8. The molecule has 0 aliphatic heterocycles. The van der Waals surface area contributed by atoms with Crippen molar-refractivity contribution in [1.82, 2.24) is 14.6 Å². The van der Waals surface area contributed by atoms with Crippen molar-refractivity contribution in [2.24, 2.45) is 0 Å². The summed E-state index contributed by atoms with van der Waals surface area (Å²) >= 11 is 3.34. The maximum absolute atomic E-state index is 11.1. The predicted octanol–water partition coefficient (Wildman–Crippen LogP) is 3.07. The van der Waals surface area contributed by atoms with Crippen molar-refractivity contribution in [3.05, 3.63) is 57.3 Å². The van der Waals surface area contributed by atoms with Crippen LogP contribution in [-0.4, -0.2) is 19.5 Å². The number of nitrogens with zero attached hydrogens (tertiary/aromatic N) is 4. The molecule has 2 aromatic heterocycles. The second-order valence-electron chi connectivity index (χ2n) is 3.83. The minimum absolute atomic E-state index is 0.0432. The van der Waals surface area contributed by atoms with Crippen LogP contribution in [0.4, 0.5) is 5.69 Å². The van der Waals surface area contributed by atoms with Gasteiger partial charge in [0.15, 0.2) is 5.65 Å². The largest absolute Gasteiger partial charge is 0.278 e. The number of para-hydroxylation sites is 1. The van der Waals surface area contributed by atoms with Crippen LogP contribution in [0.3, 0.4) is 0 Å². The average molecular weight is 319 g/mol. The van der Waals surface area contributed by atoms with E-state index < -0.39 is 4.92 Å². The fraction of sp³-hybridized carbons (Fsp3) is 0. The SMILES string of the molecule is O=[N+]([O-])c1ccccc1-c1ccnc2c(Br)cnn12. The maximum atomic E-state index is 11.1. The molecule has 0 N–H and O–H groups in total. The summed E-state index contributed by atoms with van der Waals surface area (Å²) in [5.41, 5.74) is 1.80. The van der Waals surface area contributed by atoms with E-state index >= 15 is 0 Å². The van der Waals surface area contributed by atoms with Gasteiger partial charge in [0.25, 0.3) is 5.69 Å². The number of nitro benzene ring substituents is 1. The van der Waals surface area contributed by atoms with Gasteiger partial charge in [-0.25, -0.2) is 9.50 Å². The van der Waals surface area contributed by atoms with Crippen molar-refractivity contribution in [2.75, 3.05) is 0 Å². The van der Waals surface area contributed by atoms with Crippen LogP contribution < -0.4 is 0 Å². The zero-order chi connectivity index (χ0) is 13.4. The van der Waals surface area contributed by atoms with Gasteiger partial charge in [0, 0.05) is 12.3 Å². The van der Waals surface area contributed by atoms with E-state index in [0.29, 0.717) is 16.9 Å². The molecule has 0 aliphatic carbocycles. The van der Waals surface area contributed by atoms with Crippen LogP contribution in [0.25, 0.3) is 16.9 Å². The van der Waals surface area contributed by atoms with Crippen LogP contribution >= 0.6 is 15.9 Å². The zero-order valence-electron chi connectivity index (χ0n) is 9.52. The molecule has 0 bridgehead atoms. The number of hydrogen-bond acceptors (Lipinski definition) is 4. The Kier molecular flexibility index (Phi) is 2.75. The Balaban J connectivity index is 2.34. The Labute approximate surface area is 116 Å². The van der Waals surface area contributed by atoms with Gasteiger partial charge in [0.2, 0.25) is 0 Å². The molecule has 0 unspecified atom stereocenters. The summed E-state index contributed by atoms with van der Waals surface area (Å²) in [6.45, 7) is 0. The van der Waals surface area contributed by atoms with Gasteiger partial charge < -0.3 is 0 Å². The molecule has 0 spiro atoms. The van der Waals surface area contributed by atoms with E-state index in [1.165, 1.54) is 6.07 Å². The Morgan fingerprint density at radius 1 is 1.26 bits per heavy atom. The minimum atomic E-state index is -0.403. The number of benzene rings is 1. The average Bonchev–Trinajstić information content (AvgIpc) is 2.81. The molecule has 3 aromatic rings. The van der Waals surface area contributed by atoms with Crippen molar-refractivity contribution in [3.8, 4) is 11.3 Å². The summed E-state index contributed by atoms with van der Waals surface area (Å²) in [5.74, 6) is 0. The molecule has 7 heteroatoms. The lowest BCUT2D eigenvalue weighted by Crippen LogP contribution is -1.98. The van der Waals surface area contributed by atoms with Gasteiger partial charge in [-0.2, -0.15) is 5.10 Å². The zero-order valence-corrected chi connectivity index (χ0v) is 11.1. The monoisotopic (exact) mass is 318 g/mol. The fourth-order valence-corrected chi connectivity index (χ4v) is 2.28. The summed E-state index contributed by atoms with van der Waals surface area (Å²) in [6.07, 6.45) is 3.22. The van der Waals surface area contributed by atoms with Gasteiger partial charge in [0.1, 0.15) is 0 Å². The molecule has 0 amide bonds. The van der Waals surface area contributed by atoms with Crippen LogP contribution in [0.5, 0.6) is 0 Å². The lowest BCUT2D eigenvalue weighted by Gasteiger charge is -2.05. The van der Waals surface area contributed by atoms with E-state index in [4.69, 9.17) is 0 Å². The molecule has 94 valence electrons. The molecule has 0 saturated carbocycles. The molecule has 3 rings (SSSR count). The van der Waals surface area contributed by atoms with Crippen LogP contribution in [0.2, 0.25) is 0 Å². The maximum Gasteiger partial charge on any atom is 0.278 e. The minimum Gasteiger partial charge on any atom is -0.258 e. The normalized spacial score (nSPS) is 10.8. The molecule has 6 nitrogen and oxygen atoms in total. The lowest BCUT2D eigenvalue weighted by atomic mass is 10.1. The Hall–Kier alpha value is -2.28. The summed E-state index contributed by atoms with van der Waals surface area (Å²) in [6, 6.07) is 8.27. The van der Waals surface area contributed by atoms with E-state index in [1.807, 2.05) is 0 Å². The van der Waals surface area contributed by atoms with E-state index in [-0.39, 0.29) is 5.69 Å². The van der Waals surface area contributed by atoms with Gasteiger partial charge in [-0.05, 0) is 28.1 Å². The third kappa shape index (κ3) is 1.88. The van der Waals surface area contributed by atoms with Crippen LogP contribution in [-0.2, 0) is 0 Å². The number of halogens is 1. The van der Waals surface area contributed by atoms with E-state index in [9.17, 15) is 10.1 Å². The third-order valence-electron chi connectivity index (χ3n) is 2.73. The second kappa shape index (κ2) is 4.43. The Morgan fingerprint density at radius 2 is 2.05 bits per heavy atom. The van der Waals surface area contributed by atoms with Gasteiger partial charge in [-0.15, -0.1) is 0 Å². The highest BCUT2D eigenvalue weighted by Gasteiger charge is 2.17. The molecular weight excluding hydrogens is 312 g/mol. The lowest BCUT2D eigenvalue weighted by molar-refractivity contribution is -0.384. The molecule has 0 aliphatic rings. The highest BCUT2D eigenvalue weighted by Crippen LogP contribution is 2.30. The molecule has 1 aromatic carbocycles. The number of fused-ring (bicyclic) bond motifs is 1. The van der Waals surface area contributed by atoms with Crippen molar-refractivity contribution in [1.29, 1.82) is 0 Å². The summed E-state index contributed by atoms with van der Waals surface area (Å²) < 4.78 is 2.32. The molecule has 0 saturated heterocycles. The van der Waals surface area contributed by atoms with E-state index in [2.05, 4.69) is 26.0 Å². The van der Waals surface area contributed by atoms with Gasteiger partial charge >= 0.3 is 0 Å². The standard InChI is InChI=1S/C12H7BrN4O2/c13-9-7-15-16-10(5-6-14-12(9)16)8-3-1-2-4-11(8)17(18)19/h1-7H. The van der Waals surface area contributed by atoms with Gasteiger partial charge in [-0.1, -0.05) is 12.1 Å². The van der Waals surface area contributed by atoms with Crippen molar-refractivity contribution in [2.45, 2.75) is 0 Å². The number of nitro groups is 1. The molecular formula is C12H7BrN4O2. The Bertz CT molecular complexity index is 784. The summed E-state index contributed by atoms with van der Waals surface area (Å²) in [7, 11) is 0. The summed E-state index contributed by atoms with van der Waals surface area (Å²) in [5, 5.41) is 15.3. The number of rotatable bonds is 2. The highest BCUT2D eigenvalue weighted by atomic mass is 79.9. The third-order valence-corrected chi connectivity index (χ3v) is 3.29. The van der Waals surface area contributed by atoms with Crippen molar-refractivity contribution >= 4 is 27.3 Å². The second-order valence-corrected chi connectivity index (χ2v) is 4.69. The first-order valence-electron chi connectivity index (χ1n) is 5.40. The van der Waals surface area contributed by atoms with Crippen molar-refractivity contribution in [3.63, 3.8) is 0 Å². The van der Waals surface area contributed by atoms with E-state index in [0.717, 1.165) is 4.47 Å². The first-order valence-corrected chi connectivity index (χ1v) is 6.20. The van der Waals surface area contributed by atoms with Gasteiger partial charge in [0.05, 0.1) is 26.9 Å².